The van der Waals surface area contributed by atoms with Gasteiger partial charge in [-0.1, -0.05) is 60.7 Å². The minimum Gasteiger partial charge on any atom is -0.465 e. The molecule has 228 valence electrons. The van der Waals surface area contributed by atoms with E-state index in [1.165, 1.54) is 28.2 Å². The largest absolute Gasteiger partial charge is 0.465 e. The number of hydrogen-bond acceptors (Lipinski definition) is 4. The van der Waals surface area contributed by atoms with E-state index in [-0.39, 0.29) is 30.0 Å². The minimum absolute atomic E-state index is 0.143. The normalized spacial score (nSPS) is 19.6. The third-order valence-electron chi connectivity index (χ3n) is 9.28. The number of benzene rings is 4. The molecule has 1 fully saturated rings. The van der Waals surface area contributed by atoms with E-state index in [1.807, 2.05) is 42.1 Å². The first-order chi connectivity index (χ1) is 21.9. The van der Waals surface area contributed by atoms with Gasteiger partial charge in [0.2, 0.25) is 0 Å². The number of nitrogens with zero attached hydrogens (tertiary/aromatic N) is 4. The minimum atomic E-state index is -0.996. The molecule has 0 radical (unpaired) electrons. The molecule has 3 heterocycles. The van der Waals surface area contributed by atoms with Gasteiger partial charge in [-0.25, -0.2) is 9.18 Å². The van der Waals surface area contributed by atoms with Crippen LogP contribution in [0.5, 0.6) is 11.5 Å². The molecular weight excluding hydrogens is 567 g/mol. The fourth-order valence-electron chi connectivity index (χ4n) is 6.83. The van der Waals surface area contributed by atoms with Gasteiger partial charge >= 0.3 is 6.09 Å². The molecule has 1 aromatic heterocycles. The molecule has 1 N–H and O–H groups in total. The standard InChI is InChI=1S/C37H35FN4O3/c1-24-13-18-32-33(42(24)37(43)44)20-19-31(36(32)45-30-16-14-29(38)15-17-30)28-21-39-41(22-28)34-23-40(25(34)2)35(26-9-5-3-6-10-26)27-11-7-4-8-12-27/h3-12,14-17,19-22,24-25,34-35H,13,18,23H2,1-2H3,(H,43,44)/t24-,25?,34?/m0/s1. The van der Waals surface area contributed by atoms with Crippen molar-refractivity contribution in [2.75, 3.05) is 11.4 Å². The van der Waals surface area contributed by atoms with Crippen molar-refractivity contribution in [2.24, 2.45) is 0 Å². The van der Waals surface area contributed by atoms with Gasteiger partial charge in [0.25, 0.3) is 0 Å². The molecule has 0 bridgehead atoms. The third-order valence-corrected chi connectivity index (χ3v) is 9.28. The lowest BCUT2D eigenvalue weighted by molar-refractivity contribution is 0.00209. The third kappa shape index (κ3) is 5.36. The molecule has 0 spiro atoms. The van der Waals surface area contributed by atoms with Gasteiger partial charge in [0, 0.05) is 41.5 Å². The van der Waals surface area contributed by atoms with Crippen LogP contribution in [-0.2, 0) is 6.42 Å². The molecule has 45 heavy (non-hydrogen) atoms. The maximum absolute atomic E-state index is 13.7. The number of rotatable bonds is 7. The van der Waals surface area contributed by atoms with Crippen LogP contribution in [0.1, 0.15) is 49.0 Å². The second-order valence-corrected chi connectivity index (χ2v) is 12.0. The molecule has 7 nitrogen and oxygen atoms in total. The summed E-state index contributed by atoms with van der Waals surface area (Å²) in [6, 6.07) is 31.3. The predicted octanol–water partition coefficient (Wildman–Crippen LogP) is 8.34. The molecule has 2 aliphatic rings. The van der Waals surface area contributed by atoms with Crippen molar-refractivity contribution in [3.8, 4) is 22.6 Å². The Morgan fingerprint density at radius 1 is 0.933 bits per heavy atom. The molecule has 8 heteroatoms. The van der Waals surface area contributed by atoms with Crippen LogP contribution >= 0.6 is 0 Å². The Balaban J connectivity index is 1.21. The Labute approximate surface area is 262 Å². The highest BCUT2D eigenvalue weighted by molar-refractivity contribution is 5.91. The summed E-state index contributed by atoms with van der Waals surface area (Å²) in [6.45, 7) is 5.00. The van der Waals surface area contributed by atoms with Gasteiger partial charge in [-0.05, 0) is 74.2 Å². The number of carbonyl (C=O) groups is 1. The lowest BCUT2D eigenvalue weighted by Gasteiger charge is -2.50. The highest BCUT2D eigenvalue weighted by Gasteiger charge is 2.42. The van der Waals surface area contributed by atoms with E-state index in [0.29, 0.717) is 30.0 Å². The molecule has 1 amide bonds. The maximum atomic E-state index is 13.7. The quantitative estimate of drug-likeness (QED) is 0.203. The Kier molecular flexibility index (Phi) is 7.59. The van der Waals surface area contributed by atoms with Crippen LogP contribution in [0.4, 0.5) is 14.9 Å². The molecule has 7 rings (SSSR count). The first-order valence-electron chi connectivity index (χ1n) is 15.4. The van der Waals surface area contributed by atoms with Crippen molar-refractivity contribution in [1.29, 1.82) is 0 Å². The van der Waals surface area contributed by atoms with Crippen LogP contribution in [0, 0.1) is 5.82 Å². The van der Waals surface area contributed by atoms with Gasteiger partial charge < -0.3 is 9.84 Å². The number of aromatic nitrogens is 2. The number of anilines is 1. The molecule has 2 aliphatic heterocycles. The number of amides is 1. The second-order valence-electron chi connectivity index (χ2n) is 12.0. The molecule has 2 unspecified atom stereocenters. The summed E-state index contributed by atoms with van der Waals surface area (Å²) in [4.78, 5) is 16.1. The van der Waals surface area contributed by atoms with Gasteiger partial charge in [-0.2, -0.15) is 5.10 Å². The number of ether oxygens (including phenoxy) is 1. The van der Waals surface area contributed by atoms with Crippen molar-refractivity contribution in [3.63, 3.8) is 0 Å². The summed E-state index contributed by atoms with van der Waals surface area (Å²) < 4.78 is 22.2. The van der Waals surface area contributed by atoms with E-state index in [2.05, 4.69) is 66.6 Å². The highest BCUT2D eigenvalue weighted by Crippen LogP contribution is 2.46. The van der Waals surface area contributed by atoms with E-state index in [9.17, 15) is 14.3 Å². The molecular formula is C37H35FN4O3. The van der Waals surface area contributed by atoms with Gasteiger partial charge in [0.1, 0.15) is 17.3 Å². The van der Waals surface area contributed by atoms with Gasteiger partial charge in [-0.3, -0.25) is 14.5 Å². The van der Waals surface area contributed by atoms with Gasteiger partial charge in [0.15, 0.2) is 0 Å². The first-order valence-corrected chi connectivity index (χ1v) is 15.4. The SMILES string of the molecule is CC1C(n2cc(-c3ccc4c(c3Oc3ccc(F)cc3)CC[C@H](C)N4C(=O)O)cn2)CN1C(c1ccccc1)c1ccccc1. The van der Waals surface area contributed by atoms with E-state index >= 15 is 0 Å². The van der Waals surface area contributed by atoms with Crippen molar-refractivity contribution >= 4 is 11.8 Å². The van der Waals surface area contributed by atoms with Crippen LogP contribution in [0.15, 0.2) is 109 Å². The van der Waals surface area contributed by atoms with E-state index in [0.717, 1.165) is 23.2 Å². The van der Waals surface area contributed by atoms with Crippen molar-refractivity contribution in [2.45, 2.75) is 50.9 Å². The van der Waals surface area contributed by atoms with E-state index in [4.69, 9.17) is 9.84 Å². The zero-order valence-corrected chi connectivity index (χ0v) is 25.3. The summed E-state index contributed by atoms with van der Waals surface area (Å²) in [5, 5.41) is 14.8. The Bertz CT molecular complexity index is 1770. The number of carboxylic acid groups (broad SMARTS) is 1. The molecule has 0 saturated carbocycles. The van der Waals surface area contributed by atoms with Crippen LogP contribution < -0.4 is 9.64 Å². The van der Waals surface area contributed by atoms with Crippen LogP contribution in [0.3, 0.4) is 0 Å². The zero-order chi connectivity index (χ0) is 31.1. The second kappa shape index (κ2) is 11.9. The molecule has 4 aromatic carbocycles. The van der Waals surface area contributed by atoms with Gasteiger partial charge in [0.05, 0.1) is 24.0 Å². The Morgan fingerprint density at radius 2 is 1.60 bits per heavy atom. The number of likely N-dealkylation sites (tertiary alicyclic amines) is 1. The number of hydrogen-bond donors (Lipinski definition) is 1. The fraction of sp³-hybridized carbons (Fsp3) is 0.243. The lowest BCUT2D eigenvalue weighted by Crippen LogP contribution is -2.56. The lowest BCUT2D eigenvalue weighted by atomic mass is 9.88. The summed E-state index contributed by atoms with van der Waals surface area (Å²) in [7, 11) is 0. The predicted molar refractivity (Wildman–Crippen MR) is 172 cm³/mol. The van der Waals surface area contributed by atoms with Crippen molar-refractivity contribution < 1.29 is 19.0 Å². The summed E-state index contributed by atoms with van der Waals surface area (Å²) in [6.07, 6.45) is 4.23. The zero-order valence-electron chi connectivity index (χ0n) is 25.3. The summed E-state index contributed by atoms with van der Waals surface area (Å²) in [5.74, 6) is 0.707. The topological polar surface area (TPSA) is 70.8 Å². The first kappa shape index (κ1) is 28.8. The Morgan fingerprint density at radius 3 is 2.22 bits per heavy atom. The maximum Gasteiger partial charge on any atom is 0.412 e. The van der Waals surface area contributed by atoms with Crippen LogP contribution in [0.25, 0.3) is 11.1 Å². The van der Waals surface area contributed by atoms with Gasteiger partial charge in [-0.15, -0.1) is 0 Å². The number of fused-ring (bicyclic) bond motifs is 1. The van der Waals surface area contributed by atoms with Crippen LogP contribution in [-0.4, -0.2) is 44.5 Å². The van der Waals surface area contributed by atoms with Crippen LogP contribution in [0.2, 0.25) is 0 Å². The van der Waals surface area contributed by atoms with Crippen molar-refractivity contribution in [1.82, 2.24) is 14.7 Å². The monoisotopic (exact) mass is 602 g/mol. The van der Waals surface area contributed by atoms with E-state index < -0.39 is 6.09 Å². The molecule has 1 saturated heterocycles. The fourth-order valence-corrected chi connectivity index (χ4v) is 6.83. The smallest absolute Gasteiger partial charge is 0.412 e. The summed E-state index contributed by atoms with van der Waals surface area (Å²) >= 11 is 0. The molecule has 0 aliphatic carbocycles. The number of halogens is 1. The Hall–Kier alpha value is -4.95. The molecule has 3 atom stereocenters. The van der Waals surface area contributed by atoms with E-state index in [1.54, 1.807) is 12.1 Å². The highest BCUT2D eigenvalue weighted by atomic mass is 19.1. The average Bonchev–Trinajstić information content (AvgIpc) is 3.53. The molecule has 5 aromatic rings. The average molecular weight is 603 g/mol. The van der Waals surface area contributed by atoms with Crippen molar-refractivity contribution in [3.05, 3.63) is 132 Å². The summed E-state index contributed by atoms with van der Waals surface area (Å²) in [5.41, 5.74) is 5.66.